The van der Waals surface area contributed by atoms with Gasteiger partial charge in [-0.2, -0.15) is 0 Å². The van der Waals surface area contributed by atoms with Crippen LogP contribution in [0.15, 0.2) is 30.3 Å². The van der Waals surface area contributed by atoms with Gasteiger partial charge in [0.15, 0.2) is 0 Å². The van der Waals surface area contributed by atoms with Gasteiger partial charge < -0.3 is 29.7 Å². The molecule has 3 rings (SSSR count). The number of benzene rings is 2. The summed E-state index contributed by atoms with van der Waals surface area (Å²) in [5, 5.41) is 20.1. The van der Waals surface area contributed by atoms with Gasteiger partial charge in [-0.05, 0) is 93.4 Å². The molecule has 1 aliphatic heterocycles. The SMILES string of the molecule is Cc1c(C)c2c(c(C)c1OC(=O)CCC(=O)NC(CC(=O)O)C(=O)O)CC[C@](C)(CC[C@@H](C)CCC[C@@H](C)CCCC(C)C)O2.O=COCc1ccccc1. The zero-order valence-corrected chi connectivity index (χ0v) is 34.3. The normalized spacial score (nSPS) is 16.3. The molecule has 0 fully saturated rings. The number of fused-ring (bicyclic) bond motifs is 1. The van der Waals surface area contributed by atoms with Crippen molar-refractivity contribution in [2.24, 2.45) is 17.8 Å². The fourth-order valence-corrected chi connectivity index (χ4v) is 6.87. The second-order valence-electron chi connectivity index (χ2n) is 16.0. The van der Waals surface area contributed by atoms with Gasteiger partial charge >= 0.3 is 17.9 Å². The fourth-order valence-electron chi connectivity index (χ4n) is 6.87. The molecule has 0 radical (unpaired) electrons. The van der Waals surface area contributed by atoms with Gasteiger partial charge in [-0.25, -0.2) is 4.79 Å². The Kier molecular flexibility index (Phi) is 20.0. The van der Waals surface area contributed by atoms with Crippen molar-refractivity contribution >= 4 is 30.3 Å². The third-order valence-corrected chi connectivity index (χ3v) is 10.5. The molecule has 1 heterocycles. The van der Waals surface area contributed by atoms with Crippen molar-refractivity contribution in [3.63, 3.8) is 0 Å². The van der Waals surface area contributed by atoms with E-state index in [0.717, 1.165) is 71.1 Å². The van der Waals surface area contributed by atoms with Crippen molar-refractivity contribution in [3.05, 3.63) is 58.1 Å². The topological polar surface area (TPSA) is 166 Å². The van der Waals surface area contributed by atoms with E-state index in [9.17, 15) is 24.0 Å². The number of carboxylic acid groups (broad SMARTS) is 2. The van der Waals surface area contributed by atoms with Crippen LogP contribution >= 0.6 is 0 Å². The van der Waals surface area contributed by atoms with E-state index < -0.39 is 36.3 Å². The van der Waals surface area contributed by atoms with E-state index in [1.807, 2.05) is 51.1 Å². The van der Waals surface area contributed by atoms with Gasteiger partial charge in [0.05, 0.1) is 12.8 Å². The first kappa shape index (κ1) is 46.7. The highest BCUT2D eigenvalue weighted by Crippen LogP contribution is 2.45. The van der Waals surface area contributed by atoms with Crippen LogP contribution in [-0.4, -0.2) is 52.1 Å². The molecule has 2 aromatic rings. The summed E-state index contributed by atoms with van der Waals surface area (Å²) in [5.41, 5.74) is 4.37. The van der Waals surface area contributed by atoms with E-state index in [1.54, 1.807) is 0 Å². The first-order valence-electron chi connectivity index (χ1n) is 19.8. The molecule has 0 saturated carbocycles. The van der Waals surface area contributed by atoms with E-state index >= 15 is 0 Å². The van der Waals surface area contributed by atoms with Gasteiger partial charge in [-0.1, -0.05) is 96.6 Å². The van der Waals surface area contributed by atoms with Crippen LogP contribution < -0.4 is 14.8 Å². The summed E-state index contributed by atoms with van der Waals surface area (Å²) in [6, 6.07) is 7.98. The fraction of sp³-hybridized carbons (Fsp3) is 0.614. The van der Waals surface area contributed by atoms with Crippen LogP contribution in [0.5, 0.6) is 11.5 Å². The first-order chi connectivity index (χ1) is 26.0. The zero-order valence-electron chi connectivity index (χ0n) is 34.3. The highest BCUT2D eigenvalue weighted by atomic mass is 16.5. The monoisotopic (exact) mass is 767 g/mol. The van der Waals surface area contributed by atoms with Crippen molar-refractivity contribution in [3.8, 4) is 11.5 Å². The number of aliphatic carboxylic acids is 2. The number of amides is 1. The lowest BCUT2D eigenvalue weighted by atomic mass is 9.83. The highest BCUT2D eigenvalue weighted by Gasteiger charge is 2.35. The van der Waals surface area contributed by atoms with Gasteiger partial charge in [-0.15, -0.1) is 0 Å². The van der Waals surface area contributed by atoms with Crippen LogP contribution in [0.2, 0.25) is 0 Å². The van der Waals surface area contributed by atoms with Crippen LogP contribution in [0.3, 0.4) is 0 Å². The average molecular weight is 768 g/mol. The minimum atomic E-state index is -1.56. The van der Waals surface area contributed by atoms with E-state index in [4.69, 9.17) is 19.7 Å². The van der Waals surface area contributed by atoms with Gasteiger partial charge in [0.2, 0.25) is 5.91 Å². The Morgan fingerprint density at radius 3 is 2.07 bits per heavy atom. The molecule has 0 saturated heterocycles. The molecule has 4 atom stereocenters. The van der Waals surface area contributed by atoms with Crippen molar-refractivity contribution in [2.45, 2.75) is 157 Å². The molecule has 306 valence electrons. The van der Waals surface area contributed by atoms with Crippen molar-refractivity contribution < 1.29 is 48.4 Å². The average Bonchev–Trinajstić information content (AvgIpc) is 3.13. The summed E-state index contributed by atoms with van der Waals surface area (Å²) >= 11 is 0. The third kappa shape index (κ3) is 16.9. The molecule has 3 N–H and O–H groups in total. The number of rotatable bonds is 22. The molecule has 1 amide bonds. The smallest absolute Gasteiger partial charge is 0.326 e. The lowest BCUT2D eigenvalue weighted by molar-refractivity contribution is -0.147. The van der Waals surface area contributed by atoms with Crippen molar-refractivity contribution in [1.82, 2.24) is 5.32 Å². The van der Waals surface area contributed by atoms with Crippen molar-refractivity contribution in [1.29, 1.82) is 0 Å². The molecule has 2 aromatic carbocycles. The first-order valence-corrected chi connectivity index (χ1v) is 19.8. The number of hydrogen-bond acceptors (Lipinski definition) is 8. The Hall–Kier alpha value is -4.41. The quantitative estimate of drug-likeness (QED) is 0.0599. The minimum absolute atomic E-state index is 0.255. The van der Waals surface area contributed by atoms with E-state index in [0.29, 0.717) is 24.7 Å². The molecule has 0 bridgehead atoms. The third-order valence-electron chi connectivity index (χ3n) is 10.5. The number of carbonyl (C=O) groups excluding carboxylic acids is 3. The summed E-state index contributed by atoms with van der Waals surface area (Å²) in [6.07, 6.45) is 10.3. The Labute approximate surface area is 327 Å². The summed E-state index contributed by atoms with van der Waals surface area (Å²) in [7, 11) is 0. The molecular weight excluding hydrogens is 702 g/mol. The lowest BCUT2D eigenvalue weighted by Gasteiger charge is -2.39. The maximum Gasteiger partial charge on any atom is 0.326 e. The number of carboxylic acids is 2. The van der Waals surface area contributed by atoms with Gasteiger partial charge in [0, 0.05) is 12.0 Å². The molecular formula is C44H65NO10. The minimum Gasteiger partial charge on any atom is -0.487 e. The Bertz CT molecular complexity index is 1560. The predicted molar refractivity (Wildman–Crippen MR) is 212 cm³/mol. The zero-order chi connectivity index (χ0) is 41.1. The second-order valence-corrected chi connectivity index (χ2v) is 16.0. The largest absolute Gasteiger partial charge is 0.487 e. The molecule has 0 spiro atoms. The van der Waals surface area contributed by atoms with Crippen molar-refractivity contribution in [2.75, 3.05) is 0 Å². The Morgan fingerprint density at radius 1 is 0.873 bits per heavy atom. The molecule has 11 nitrogen and oxygen atoms in total. The number of hydrogen-bond donors (Lipinski definition) is 3. The Morgan fingerprint density at radius 2 is 1.49 bits per heavy atom. The van der Waals surface area contributed by atoms with E-state index in [-0.39, 0.29) is 18.4 Å². The highest BCUT2D eigenvalue weighted by molar-refractivity contribution is 5.88. The lowest BCUT2D eigenvalue weighted by Crippen LogP contribution is -2.42. The van der Waals surface area contributed by atoms with Crippen LogP contribution in [0.4, 0.5) is 0 Å². The van der Waals surface area contributed by atoms with Crippen LogP contribution in [0.1, 0.15) is 139 Å². The molecule has 11 heteroatoms. The molecule has 0 aliphatic carbocycles. The molecule has 55 heavy (non-hydrogen) atoms. The molecule has 1 unspecified atom stereocenters. The maximum atomic E-state index is 12.7. The second kappa shape index (κ2) is 23.5. The van der Waals surface area contributed by atoms with Crippen LogP contribution in [-0.2, 0) is 41.7 Å². The van der Waals surface area contributed by atoms with Gasteiger partial charge in [0.1, 0.15) is 29.7 Å². The number of carbonyl (C=O) groups is 5. The summed E-state index contributed by atoms with van der Waals surface area (Å²) in [5.74, 6) is -0.585. The summed E-state index contributed by atoms with van der Waals surface area (Å²) < 4.78 is 17.0. The summed E-state index contributed by atoms with van der Waals surface area (Å²) in [4.78, 5) is 56.7. The molecule has 1 aliphatic rings. The van der Waals surface area contributed by atoms with Gasteiger partial charge in [-0.3, -0.25) is 19.2 Å². The van der Waals surface area contributed by atoms with E-state index in [2.05, 4.69) is 44.7 Å². The number of ether oxygens (including phenoxy) is 3. The molecule has 0 aromatic heterocycles. The predicted octanol–water partition coefficient (Wildman–Crippen LogP) is 8.83. The maximum absolute atomic E-state index is 12.7. The summed E-state index contributed by atoms with van der Waals surface area (Å²) in [6.45, 7) is 18.1. The van der Waals surface area contributed by atoms with Crippen LogP contribution in [0.25, 0.3) is 0 Å². The number of esters is 1. The number of nitrogens with one attached hydrogen (secondary N) is 1. The van der Waals surface area contributed by atoms with Gasteiger partial charge in [0.25, 0.3) is 6.47 Å². The van der Waals surface area contributed by atoms with E-state index in [1.165, 1.54) is 38.5 Å². The Balaban J connectivity index is 0.000000900. The standard InChI is InChI=1S/C36H57NO8.C8H8O2/c1-22(2)11-9-12-23(3)13-10-14-24(4)17-19-36(8)20-18-28-27(7)33(25(5)26(6)34(28)45-36)44-32(41)16-15-30(38)37-29(35(42)43)21-31(39)40;9-7-10-6-8-4-2-1-3-5-8/h22-24,29H,9-21H2,1-8H3,(H,37,38)(H,39,40)(H,42,43);1-5,7H,6H2/t23-,24-,29?,36-;/m0./s1. The van der Waals surface area contributed by atoms with Crippen LogP contribution in [0, 0.1) is 38.5 Å².